The van der Waals surface area contributed by atoms with Gasteiger partial charge in [0.2, 0.25) is 0 Å². The number of rotatable bonds is 2. The van der Waals surface area contributed by atoms with Crippen LogP contribution in [0, 0.1) is 0 Å². The summed E-state index contributed by atoms with van der Waals surface area (Å²) < 4.78 is 1.43. The van der Waals surface area contributed by atoms with Crippen LogP contribution in [0.3, 0.4) is 0 Å². The van der Waals surface area contributed by atoms with Gasteiger partial charge in [0, 0.05) is 7.05 Å². The molecule has 1 aromatic heterocycles. The minimum Gasteiger partial charge on any atom is -0.394 e. The van der Waals surface area contributed by atoms with E-state index in [1.54, 1.807) is 7.05 Å². The molecule has 3 N–H and O–H groups in total. The highest BCUT2D eigenvalue weighted by Crippen LogP contribution is 2.00. The Kier molecular flexibility index (Phi) is 1.93. The number of aryl methyl sites for hydroxylation is 1. The van der Waals surface area contributed by atoms with Crippen LogP contribution in [0.15, 0.2) is 0 Å². The monoisotopic (exact) mass is 143 g/mol. The van der Waals surface area contributed by atoms with Crippen molar-refractivity contribution in [2.24, 2.45) is 12.8 Å². The Labute approximate surface area is 57.6 Å². The molecule has 0 aliphatic rings. The predicted molar refractivity (Wildman–Crippen MR) is 32.8 cm³/mol. The van der Waals surface area contributed by atoms with Gasteiger partial charge in [0.15, 0.2) is 5.82 Å². The molecule has 1 heterocycles. The van der Waals surface area contributed by atoms with Gasteiger partial charge >= 0.3 is 0 Å². The Hall–Kier alpha value is -1.01. The molecule has 0 saturated heterocycles. The standard InChI is InChI=1S/C4H9N5O/c1-9-4(3(5)2-10)6-7-8-9/h3,10H,2,5H2,1H3. The maximum absolute atomic E-state index is 8.60. The zero-order chi connectivity index (χ0) is 7.56. The molecule has 0 saturated carbocycles. The van der Waals surface area contributed by atoms with Crippen LogP contribution < -0.4 is 5.73 Å². The van der Waals surface area contributed by atoms with Crippen molar-refractivity contribution < 1.29 is 5.11 Å². The van der Waals surface area contributed by atoms with E-state index in [0.717, 1.165) is 0 Å². The number of aliphatic hydroxyl groups is 1. The molecule has 10 heavy (non-hydrogen) atoms. The number of nitrogens with zero attached hydrogens (tertiary/aromatic N) is 4. The molecule has 0 radical (unpaired) electrons. The third-order valence-electron chi connectivity index (χ3n) is 1.18. The van der Waals surface area contributed by atoms with Gasteiger partial charge in [0.1, 0.15) is 0 Å². The van der Waals surface area contributed by atoms with Gasteiger partial charge in [0.25, 0.3) is 0 Å². The van der Waals surface area contributed by atoms with Crippen molar-refractivity contribution in [2.75, 3.05) is 6.61 Å². The van der Waals surface area contributed by atoms with Crippen molar-refractivity contribution in [1.29, 1.82) is 0 Å². The molecule has 0 spiro atoms. The van der Waals surface area contributed by atoms with Gasteiger partial charge in [-0.3, -0.25) is 0 Å². The molecule has 0 aliphatic heterocycles. The fourth-order valence-corrected chi connectivity index (χ4v) is 0.632. The fourth-order valence-electron chi connectivity index (χ4n) is 0.632. The third-order valence-corrected chi connectivity index (χ3v) is 1.18. The van der Waals surface area contributed by atoms with Crippen molar-refractivity contribution in [1.82, 2.24) is 20.2 Å². The second kappa shape index (κ2) is 2.72. The molecule has 1 aromatic rings. The first-order valence-corrected chi connectivity index (χ1v) is 2.84. The Morgan fingerprint density at radius 1 is 1.80 bits per heavy atom. The molecule has 6 heteroatoms. The lowest BCUT2D eigenvalue weighted by Gasteiger charge is -2.03. The number of aliphatic hydroxyl groups excluding tert-OH is 1. The first-order valence-electron chi connectivity index (χ1n) is 2.84. The van der Waals surface area contributed by atoms with E-state index in [2.05, 4.69) is 15.5 Å². The van der Waals surface area contributed by atoms with Gasteiger partial charge in [-0.25, -0.2) is 4.68 Å². The van der Waals surface area contributed by atoms with Crippen molar-refractivity contribution >= 4 is 0 Å². The van der Waals surface area contributed by atoms with Gasteiger partial charge in [-0.15, -0.1) is 5.10 Å². The number of hydrogen-bond acceptors (Lipinski definition) is 5. The molecule has 1 unspecified atom stereocenters. The Bertz CT molecular complexity index is 209. The molecule has 0 bridgehead atoms. The molecule has 6 nitrogen and oxygen atoms in total. The van der Waals surface area contributed by atoms with Crippen molar-refractivity contribution in [3.63, 3.8) is 0 Å². The summed E-state index contributed by atoms with van der Waals surface area (Å²) >= 11 is 0. The van der Waals surface area contributed by atoms with Crippen LogP contribution in [-0.4, -0.2) is 31.9 Å². The van der Waals surface area contributed by atoms with E-state index in [4.69, 9.17) is 10.8 Å². The van der Waals surface area contributed by atoms with E-state index in [-0.39, 0.29) is 6.61 Å². The minimum atomic E-state index is -0.486. The highest BCUT2D eigenvalue weighted by molar-refractivity contribution is 4.88. The molecule has 0 aromatic carbocycles. The summed E-state index contributed by atoms with van der Waals surface area (Å²) in [7, 11) is 1.67. The SMILES string of the molecule is Cn1nnnc1C(N)CO. The number of nitrogens with two attached hydrogens (primary N) is 1. The van der Waals surface area contributed by atoms with E-state index < -0.39 is 6.04 Å². The predicted octanol–water partition coefficient (Wildman–Crippen LogP) is -1.80. The molecule has 1 rings (SSSR count). The second-order valence-corrected chi connectivity index (χ2v) is 1.95. The number of tetrazole rings is 1. The maximum Gasteiger partial charge on any atom is 0.170 e. The molecular weight excluding hydrogens is 134 g/mol. The molecule has 0 aliphatic carbocycles. The van der Waals surface area contributed by atoms with Crippen LogP contribution in [0.25, 0.3) is 0 Å². The van der Waals surface area contributed by atoms with E-state index in [1.165, 1.54) is 4.68 Å². The normalized spacial score (nSPS) is 13.5. The smallest absolute Gasteiger partial charge is 0.170 e. The minimum absolute atomic E-state index is 0.145. The zero-order valence-electron chi connectivity index (χ0n) is 5.60. The molecule has 1 atom stereocenters. The van der Waals surface area contributed by atoms with Crippen LogP contribution in [0.2, 0.25) is 0 Å². The van der Waals surface area contributed by atoms with Crippen molar-refractivity contribution in [2.45, 2.75) is 6.04 Å². The highest BCUT2D eigenvalue weighted by atomic mass is 16.3. The first kappa shape index (κ1) is 7.10. The maximum atomic E-state index is 8.60. The Balaban J connectivity index is 2.82. The molecular formula is C4H9N5O. The van der Waals surface area contributed by atoms with Gasteiger partial charge in [-0.2, -0.15) is 0 Å². The molecule has 0 fully saturated rings. The van der Waals surface area contributed by atoms with E-state index in [9.17, 15) is 0 Å². The zero-order valence-corrected chi connectivity index (χ0v) is 5.60. The highest BCUT2D eigenvalue weighted by Gasteiger charge is 2.10. The third kappa shape index (κ3) is 1.12. The van der Waals surface area contributed by atoms with Crippen LogP contribution in [0.1, 0.15) is 11.9 Å². The average molecular weight is 143 g/mol. The van der Waals surface area contributed by atoms with Crippen LogP contribution in [0.5, 0.6) is 0 Å². The lowest BCUT2D eigenvalue weighted by Crippen LogP contribution is -2.19. The van der Waals surface area contributed by atoms with Crippen molar-refractivity contribution in [3.05, 3.63) is 5.82 Å². The molecule has 0 amide bonds. The van der Waals surface area contributed by atoms with Gasteiger partial charge in [-0.1, -0.05) is 0 Å². The lowest BCUT2D eigenvalue weighted by molar-refractivity contribution is 0.260. The summed E-state index contributed by atoms with van der Waals surface area (Å²) in [5.74, 6) is 0.488. The van der Waals surface area contributed by atoms with Crippen LogP contribution in [0.4, 0.5) is 0 Å². The Morgan fingerprint density at radius 3 is 2.90 bits per heavy atom. The topological polar surface area (TPSA) is 89.9 Å². The summed E-state index contributed by atoms with van der Waals surface area (Å²) in [6.07, 6.45) is 0. The van der Waals surface area contributed by atoms with E-state index in [0.29, 0.717) is 5.82 Å². The number of aromatic nitrogens is 4. The summed E-state index contributed by atoms with van der Waals surface area (Å²) in [6.45, 7) is -0.145. The van der Waals surface area contributed by atoms with Gasteiger partial charge in [0.05, 0.1) is 12.6 Å². The molecule has 56 valence electrons. The van der Waals surface area contributed by atoms with E-state index in [1.807, 2.05) is 0 Å². The van der Waals surface area contributed by atoms with Gasteiger partial charge in [-0.05, 0) is 10.4 Å². The lowest BCUT2D eigenvalue weighted by atomic mass is 10.3. The summed E-state index contributed by atoms with van der Waals surface area (Å²) in [5, 5.41) is 19.1. The Morgan fingerprint density at radius 2 is 2.50 bits per heavy atom. The first-order chi connectivity index (χ1) is 4.75. The van der Waals surface area contributed by atoms with Crippen LogP contribution in [-0.2, 0) is 7.05 Å². The largest absolute Gasteiger partial charge is 0.394 e. The van der Waals surface area contributed by atoms with Crippen molar-refractivity contribution in [3.8, 4) is 0 Å². The van der Waals surface area contributed by atoms with Crippen LogP contribution >= 0.6 is 0 Å². The van der Waals surface area contributed by atoms with Gasteiger partial charge < -0.3 is 10.8 Å². The van der Waals surface area contributed by atoms with E-state index >= 15 is 0 Å². The summed E-state index contributed by atoms with van der Waals surface area (Å²) in [6, 6.07) is -0.486. The average Bonchev–Trinajstić information content (AvgIpc) is 2.34. The summed E-state index contributed by atoms with van der Waals surface area (Å²) in [4.78, 5) is 0. The fraction of sp³-hybridized carbons (Fsp3) is 0.750. The quantitative estimate of drug-likeness (QED) is 0.510. The second-order valence-electron chi connectivity index (χ2n) is 1.95. The summed E-state index contributed by atoms with van der Waals surface area (Å²) in [5.41, 5.74) is 5.43. The number of hydrogen-bond donors (Lipinski definition) is 2.